The topological polar surface area (TPSA) is 69.9 Å². The van der Waals surface area contributed by atoms with Crippen LogP contribution in [0.5, 0.6) is 0 Å². The Hall–Kier alpha value is -2.56. The Morgan fingerprint density at radius 1 is 1.15 bits per heavy atom. The number of rotatable bonds is 3. The van der Waals surface area contributed by atoms with Crippen LogP contribution in [0.15, 0.2) is 47.1 Å². The zero-order valence-corrected chi connectivity index (χ0v) is 11.4. The van der Waals surface area contributed by atoms with Crippen molar-refractivity contribution in [3.8, 4) is 17.1 Å². The molecule has 0 amide bonds. The lowest BCUT2D eigenvalue weighted by atomic mass is 10.0. The van der Waals surface area contributed by atoms with Gasteiger partial charge in [0.05, 0.1) is 12.0 Å². The molecule has 2 heterocycles. The second kappa shape index (κ2) is 4.85. The summed E-state index contributed by atoms with van der Waals surface area (Å²) in [5, 5.41) is 8.30. The Balaban J connectivity index is 2.13. The first-order chi connectivity index (χ1) is 9.68. The van der Waals surface area contributed by atoms with Crippen LogP contribution in [-0.2, 0) is 0 Å². The quantitative estimate of drug-likeness (QED) is 0.791. The maximum atomic E-state index is 6.17. The molecular formula is C15H16N4O. The first-order valence-corrected chi connectivity index (χ1v) is 6.53. The van der Waals surface area contributed by atoms with E-state index >= 15 is 0 Å². The van der Waals surface area contributed by atoms with E-state index < -0.39 is 0 Å². The van der Waals surface area contributed by atoms with Gasteiger partial charge in [0.1, 0.15) is 0 Å². The van der Waals surface area contributed by atoms with Crippen LogP contribution < -0.4 is 5.73 Å². The average Bonchev–Trinajstić information content (AvgIpc) is 3.07. The molecule has 0 spiro atoms. The van der Waals surface area contributed by atoms with Crippen molar-refractivity contribution in [1.82, 2.24) is 15.0 Å². The molecule has 5 heteroatoms. The Morgan fingerprint density at radius 2 is 1.95 bits per heavy atom. The Labute approximate surface area is 117 Å². The molecule has 2 aromatic heterocycles. The molecule has 3 rings (SSSR count). The number of nitrogens with two attached hydrogens (primary N) is 1. The van der Waals surface area contributed by atoms with Crippen LogP contribution in [0.2, 0.25) is 0 Å². The molecule has 0 aliphatic rings. The second-order valence-corrected chi connectivity index (χ2v) is 4.93. The molecule has 2 N–H and O–H groups in total. The van der Waals surface area contributed by atoms with Crippen molar-refractivity contribution in [2.24, 2.45) is 0 Å². The second-order valence-electron chi connectivity index (χ2n) is 4.93. The third-order valence-electron chi connectivity index (χ3n) is 3.25. The van der Waals surface area contributed by atoms with Crippen LogP contribution >= 0.6 is 0 Å². The largest absolute Gasteiger partial charge is 0.463 e. The van der Waals surface area contributed by atoms with E-state index in [-0.39, 0.29) is 0 Å². The molecule has 0 unspecified atom stereocenters. The lowest BCUT2D eigenvalue weighted by Gasteiger charge is -2.12. The van der Waals surface area contributed by atoms with E-state index in [9.17, 15) is 0 Å². The number of nitrogen functional groups attached to an aromatic ring is 1. The van der Waals surface area contributed by atoms with E-state index in [1.54, 1.807) is 17.0 Å². The van der Waals surface area contributed by atoms with Gasteiger partial charge in [-0.05, 0) is 29.7 Å². The van der Waals surface area contributed by atoms with E-state index in [2.05, 4.69) is 30.2 Å². The number of furan rings is 1. The molecule has 20 heavy (non-hydrogen) atoms. The predicted molar refractivity (Wildman–Crippen MR) is 77.6 cm³/mol. The van der Waals surface area contributed by atoms with E-state index in [1.807, 2.05) is 24.3 Å². The summed E-state index contributed by atoms with van der Waals surface area (Å²) >= 11 is 0. The monoisotopic (exact) mass is 268 g/mol. The molecule has 0 radical (unpaired) electrons. The fraction of sp³-hybridized carbons (Fsp3) is 0.200. The number of hydrogen-bond donors (Lipinski definition) is 1. The standard InChI is InChI=1S/C15H16N4O/c1-10(2)11-6-3-4-7-12(11)19-15(16)14(17-18-19)13-8-5-9-20-13/h3-10H,16H2,1-2H3. The SMILES string of the molecule is CC(C)c1ccccc1-n1nnc(-c2ccco2)c1N. The molecule has 0 fully saturated rings. The number of benzene rings is 1. The van der Waals surface area contributed by atoms with Gasteiger partial charge < -0.3 is 10.2 Å². The minimum Gasteiger partial charge on any atom is -0.463 e. The van der Waals surface area contributed by atoms with Crippen molar-refractivity contribution in [2.75, 3.05) is 5.73 Å². The smallest absolute Gasteiger partial charge is 0.172 e. The molecular weight excluding hydrogens is 252 g/mol. The molecule has 0 atom stereocenters. The molecule has 0 aliphatic heterocycles. The summed E-state index contributed by atoms with van der Waals surface area (Å²) in [5.74, 6) is 1.48. The molecule has 1 aromatic carbocycles. The third kappa shape index (κ3) is 1.97. The molecule has 102 valence electrons. The van der Waals surface area contributed by atoms with Gasteiger partial charge in [-0.25, -0.2) is 0 Å². The highest BCUT2D eigenvalue weighted by Gasteiger charge is 2.17. The Morgan fingerprint density at radius 3 is 2.65 bits per heavy atom. The number of hydrogen-bond acceptors (Lipinski definition) is 4. The molecule has 5 nitrogen and oxygen atoms in total. The van der Waals surface area contributed by atoms with Crippen LogP contribution in [-0.4, -0.2) is 15.0 Å². The fourth-order valence-electron chi connectivity index (χ4n) is 2.22. The number of para-hydroxylation sites is 1. The van der Waals surface area contributed by atoms with Gasteiger partial charge in [-0.2, -0.15) is 4.68 Å². The summed E-state index contributed by atoms with van der Waals surface area (Å²) in [4.78, 5) is 0. The number of anilines is 1. The van der Waals surface area contributed by atoms with Gasteiger partial charge in [-0.15, -0.1) is 5.10 Å². The minimum absolute atomic E-state index is 0.377. The maximum Gasteiger partial charge on any atom is 0.172 e. The first-order valence-electron chi connectivity index (χ1n) is 6.53. The van der Waals surface area contributed by atoms with Crippen LogP contribution in [0.4, 0.5) is 5.82 Å². The molecule has 3 aromatic rings. The van der Waals surface area contributed by atoms with Crippen molar-refractivity contribution >= 4 is 5.82 Å². The summed E-state index contributed by atoms with van der Waals surface area (Å²) in [6.45, 7) is 4.28. The third-order valence-corrected chi connectivity index (χ3v) is 3.25. The van der Waals surface area contributed by atoms with E-state index in [4.69, 9.17) is 10.2 Å². The van der Waals surface area contributed by atoms with Crippen LogP contribution in [0.3, 0.4) is 0 Å². The van der Waals surface area contributed by atoms with Gasteiger partial charge in [0, 0.05) is 0 Å². The molecule has 0 bridgehead atoms. The van der Waals surface area contributed by atoms with Crippen molar-refractivity contribution < 1.29 is 4.42 Å². The predicted octanol–water partition coefficient (Wildman–Crippen LogP) is 3.23. The van der Waals surface area contributed by atoms with Crippen LogP contribution in [0, 0.1) is 0 Å². The molecule has 0 saturated heterocycles. The van der Waals surface area contributed by atoms with E-state index in [0.717, 1.165) is 5.69 Å². The van der Waals surface area contributed by atoms with Crippen molar-refractivity contribution in [2.45, 2.75) is 19.8 Å². The first kappa shape index (κ1) is 12.5. The van der Waals surface area contributed by atoms with Crippen molar-refractivity contribution in [3.05, 3.63) is 48.2 Å². The lowest BCUT2D eigenvalue weighted by Crippen LogP contribution is -2.06. The average molecular weight is 268 g/mol. The fourth-order valence-corrected chi connectivity index (χ4v) is 2.22. The van der Waals surface area contributed by atoms with Crippen LogP contribution in [0.25, 0.3) is 17.1 Å². The highest BCUT2D eigenvalue weighted by Crippen LogP contribution is 2.29. The van der Waals surface area contributed by atoms with Gasteiger partial charge in [-0.3, -0.25) is 0 Å². The zero-order chi connectivity index (χ0) is 14.1. The Bertz CT molecular complexity index is 713. The normalized spacial score (nSPS) is 11.2. The summed E-state index contributed by atoms with van der Waals surface area (Å²) in [6.07, 6.45) is 1.59. The van der Waals surface area contributed by atoms with Gasteiger partial charge in [0.2, 0.25) is 0 Å². The summed E-state index contributed by atoms with van der Waals surface area (Å²) in [6, 6.07) is 11.7. The Kier molecular flexibility index (Phi) is 3.02. The molecule has 0 saturated carbocycles. The lowest BCUT2D eigenvalue weighted by molar-refractivity contribution is 0.580. The maximum absolute atomic E-state index is 6.17. The summed E-state index contributed by atoms with van der Waals surface area (Å²) < 4.78 is 6.99. The highest BCUT2D eigenvalue weighted by atomic mass is 16.3. The van der Waals surface area contributed by atoms with Gasteiger partial charge in [-0.1, -0.05) is 37.3 Å². The number of nitrogens with zero attached hydrogens (tertiary/aromatic N) is 3. The van der Waals surface area contributed by atoms with Crippen molar-refractivity contribution in [1.29, 1.82) is 0 Å². The van der Waals surface area contributed by atoms with E-state index in [1.165, 1.54) is 5.56 Å². The summed E-state index contributed by atoms with van der Waals surface area (Å²) in [5.41, 5.74) is 8.86. The number of aromatic nitrogens is 3. The summed E-state index contributed by atoms with van der Waals surface area (Å²) in [7, 11) is 0. The van der Waals surface area contributed by atoms with Gasteiger partial charge >= 0.3 is 0 Å². The minimum atomic E-state index is 0.377. The van der Waals surface area contributed by atoms with Crippen molar-refractivity contribution in [3.63, 3.8) is 0 Å². The van der Waals surface area contributed by atoms with Gasteiger partial charge in [0.15, 0.2) is 17.3 Å². The zero-order valence-electron chi connectivity index (χ0n) is 11.4. The van der Waals surface area contributed by atoms with Crippen LogP contribution in [0.1, 0.15) is 25.3 Å². The van der Waals surface area contributed by atoms with Gasteiger partial charge in [0.25, 0.3) is 0 Å². The van der Waals surface area contributed by atoms with E-state index in [0.29, 0.717) is 23.2 Å². The highest BCUT2D eigenvalue weighted by molar-refractivity contribution is 5.67. The molecule has 0 aliphatic carbocycles.